The standard InChI is InChI=1S/C16H31N3O2S/c1-3-15-13-19(8-12-22-15)16(17-2)18-7-4-9-21-14-5-10-20-11-6-14/h14-15H,3-13H2,1-2H3,(H,17,18). The van der Waals surface area contributed by atoms with Crippen molar-refractivity contribution in [2.24, 2.45) is 4.99 Å². The molecule has 0 aliphatic carbocycles. The zero-order valence-corrected chi connectivity index (χ0v) is 14.9. The molecule has 22 heavy (non-hydrogen) atoms. The lowest BCUT2D eigenvalue weighted by atomic mass is 10.1. The van der Waals surface area contributed by atoms with Crippen LogP contribution in [0.3, 0.4) is 0 Å². The van der Waals surface area contributed by atoms with E-state index < -0.39 is 0 Å². The molecule has 0 radical (unpaired) electrons. The highest BCUT2D eigenvalue weighted by atomic mass is 32.2. The lowest BCUT2D eigenvalue weighted by molar-refractivity contribution is -0.0320. The summed E-state index contributed by atoms with van der Waals surface area (Å²) < 4.78 is 11.2. The Morgan fingerprint density at radius 2 is 2.23 bits per heavy atom. The van der Waals surface area contributed by atoms with Gasteiger partial charge >= 0.3 is 0 Å². The van der Waals surface area contributed by atoms with Gasteiger partial charge in [-0.1, -0.05) is 6.92 Å². The Morgan fingerprint density at radius 1 is 1.41 bits per heavy atom. The van der Waals surface area contributed by atoms with Gasteiger partial charge in [0.2, 0.25) is 0 Å². The van der Waals surface area contributed by atoms with E-state index in [0.717, 1.165) is 69.9 Å². The fourth-order valence-corrected chi connectivity index (χ4v) is 4.04. The molecule has 0 bridgehead atoms. The molecule has 128 valence electrons. The monoisotopic (exact) mass is 329 g/mol. The van der Waals surface area contributed by atoms with Gasteiger partial charge in [-0.2, -0.15) is 11.8 Å². The summed E-state index contributed by atoms with van der Waals surface area (Å²) in [7, 11) is 1.88. The zero-order chi connectivity index (χ0) is 15.6. The maximum absolute atomic E-state index is 5.90. The number of nitrogens with zero attached hydrogens (tertiary/aromatic N) is 2. The van der Waals surface area contributed by atoms with Crippen LogP contribution in [0.2, 0.25) is 0 Å². The summed E-state index contributed by atoms with van der Waals surface area (Å²) in [5, 5.41) is 4.22. The molecule has 2 fully saturated rings. The van der Waals surface area contributed by atoms with E-state index in [1.54, 1.807) is 0 Å². The van der Waals surface area contributed by atoms with Crippen LogP contribution in [0.1, 0.15) is 32.6 Å². The van der Waals surface area contributed by atoms with Crippen molar-refractivity contribution >= 4 is 17.7 Å². The van der Waals surface area contributed by atoms with Crippen molar-refractivity contribution in [3.8, 4) is 0 Å². The number of thioether (sulfide) groups is 1. The lowest BCUT2D eigenvalue weighted by Crippen LogP contribution is -2.48. The zero-order valence-electron chi connectivity index (χ0n) is 14.1. The second-order valence-corrected chi connectivity index (χ2v) is 7.27. The van der Waals surface area contributed by atoms with E-state index in [2.05, 4.69) is 33.9 Å². The van der Waals surface area contributed by atoms with E-state index >= 15 is 0 Å². The molecule has 1 unspecified atom stereocenters. The quantitative estimate of drug-likeness (QED) is 0.459. The first-order valence-electron chi connectivity index (χ1n) is 8.60. The number of hydrogen-bond donors (Lipinski definition) is 1. The van der Waals surface area contributed by atoms with Crippen molar-refractivity contribution in [3.05, 3.63) is 0 Å². The molecular formula is C16H31N3O2S. The molecule has 2 saturated heterocycles. The van der Waals surface area contributed by atoms with Crippen LogP contribution in [-0.4, -0.2) is 74.5 Å². The Bertz CT molecular complexity index is 335. The van der Waals surface area contributed by atoms with Crippen molar-refractivity contribution in [3.63, 3.8) is 0 Å². The maximum Gasteiger partial charge on any atom is 0.193 e. The van der Waals surface area contributed by atoms with Gasteiger partial charge in [-0.3, -0.25) is 4.99 Å². The number of rotatable bonds is 6. The minimum Gasteiger partial charge on any atom is -0.381 e. The van der Waals surface area contributed by atoms with E-state index in [4.69, 9.17) is 9.47 Å². The average Bonchev–Trinajstić information content (AvgIpc) is 2.59. The number of ether oxygens (including phenoxy) is 2. The lowest BCUT2D eigenvalue weighted by Gasteiger charge is -2.34. The smallest absolute Gasteiger partial charge is 0.193 e. The molecule has 2 aliphatic rings. The molecule has 0 aromatic rings. The van der Waals surface area contributed by atoms with Crippen LogP contribution in [0.5, 0.6) is 0 Å². The highest BCUT2D eigenvalue weighted by Crippen LogP contribution is 2.20. The third-order valence-corrected chi connectivity index (χ3v) is 5.60. The fourth-order valence-electron chi connectivity index (χ4n) is 2.86. The number of guanidine groups is 1. The molecule has 1 N–H and O–H groups in total. The van der Waals surface area contributed by atoms with Gasteiger partial charge in [0.25, 0.3) is 0 Å². The van der Waals surface area contributed by atoms with E-state index in [0.29, 0.717) is 6.10 Å². The third kappa shape index (κ3) is 5.97. The summed E-state index contributed by atoms with van der Waals surface area (Å²) in [4.78, 5) is 6.83. The average molecular weight is 330 g/mol. The number of aliphatic imine (C=N–C) groups is 1. The number of nitrogens with one attached hydrogen (secondary N) is 1. The molecule has 0 spiro atoms. The Balaban J connectivity index is 1.59. The first-order valence-corrected chi connectivity index (χ1v) is 9.65. The summed E-state index contributed by atoms with van der Waals surface area (Å²) in [6.07, 6.45) is 4.74. The van der Waals surface area contributed by atoms with Crippen molar-refractivity contribution < 1.29 is 9.47 Å². The summed E-state index contributed by atoms with van der Waals surface area (Å²) in [5.74, 6) is 2.25. The van der Waals surface area contributed by atoms with Gasteiger partial charge < -0.3 is 19.7 Å². The van der Waals surface area contributed by atoms with E-state index in [-0.39, 0.29) is 0 Å². The molecule has 2 heterocycles. The predicted molar refractivity (Wildman–Crippen MR) is 93.9 cm³/mol. The molecule has 2 aliphatic heterocycles. The SMILES string of the molecule is CCC1CN(C(=NC)NCCCOC2CCOCC2)CCS1. The van der Waals surface area contributed by atoms with Crippen LogP contribution < -0.4 is 5.32 Å². The topological polar surface area (TPSA) is 46.1 Å². The van der Waals surface area contributed by atoms with E-state index in [9.17, 15) is 0 Å². The van der Waals surface area contributed by atoms with E-state index in [1.807, 2.05) is 7.05 Å². The molecule has 0 aromatic heterocycles. The molecule has 0 saturated carbocycles. The van der Waals surface area contributed by atoms with Crippen LogP contribution in [0.25, 0.3) is 0 Å². The van der Waals surface area contributed by atoms with E-state index in [1.165, 1.54) is 12.2 Å². The van der Waals surface area contributed by atoms with Gasteiger partial charge in [-0.25, -0.2) is 0 Å². The molecule has 1 atom stereocenters. The van der Waals surface area contributed by atoms with Gasteiger partial charge in [0, 0.05) is 57.5 Å². The van der Waals surface area contributed by atoms with Gasteiger partial charge in [-0.15, -0.1) is 0 Å². The first-order chi connectivity index (χ1) is 10.8. The Kier molecular flexibility index (Phi) is 8.41. The third-order valence-electron chi connectivity index (χ3n) is 4.23. The molecule has 0 aromatic carbocycles. The van der Waals surface area contributed by atoms with Crippen molar-refractivity contribution in [1.82, 2.24) is 10.2 Å². The Morgan fingerprint density at radius 3 is 2.95 bits per heavy atom. The van der Waals surface area contributed by atoms with Gasteiger partial charge in [0.05, 0.1) is 6.10 Å². The van der Waals surface area contributed by atoms with Crippen LogP contribution >= 0.6 is 11.8 Å². The second-order valence-electron chi connectivity index (χ2n) is 5.86. The summed E-state index contributed by atoms with van der Waals surface area (Å²) >= 11 is 2.09. The first kappa shape index (κ1) is 17.9. The summed E-state index contributed by atoms with van der Waals surface area (Å²) in [6.45, 7) is 7.92. The van der Waals surface area contributed by atoms with Gasteiger partial charge in [-0.05, 0) is 25.7 Å². The highest BCUT2D eigenvalue weighted by Gasteiger charge is 2.21. The van der Waals surface area contributed by atoms with Crippen LogP contribution in [0, 0.1) is 0 Å². The molecule has 0 amide bonds. The van der Waals surface area contributed by atoms with Crippen LogP contribution in [-0.2, 0) is 9.47 Å². The normalized spacial score (nSPS) is 24.5. The maximum atomic E-state index is 5.90. The second kappa shape index (κ2) is 10.3. The molecule has 5 nitrogen and oxygen atoms in total. The summed E-state index contributed by atoms with van der Waals surface area (Å²) in [5.41, 5.74) is 0. The summed E-state index contributed by atoms with van der Waals surface area (Å²) in [6, 6.07) is 0. The van der Waals surface area contributed by atoms with Crippen molar-refractivity contribution in [2.45, 2.75) is 44.0 Å². The van der Waals surface area contributed by atoms with Gasteiger partial charge in [0.1, 0.15) is 0 Å². The fraction of sp³-hybridized carbons (Fsp3) is 0.938. The minimum absolute atomic E-state index is 0.400. The Hall–Kier alpha value is -0.460. The Labute approximate surface area is 139 Å². The van der Waals surface area contributed by atoms with Gasteiger partial charge in [0.15, 0.2) is 5.96 Å². The van der Waals surface area contributed by atoms with Crippen molar-refractivity contribution in [1.29, 1.82) is 0 Å². The molecular weight excluding hydrogens is 298 g/mol. The molecule has 2 rings (SSSR count). The number of hydrogen-bond acceptors (Lipinski definition) is 4. The predicted octanol–water partition coefficient (Wildman–Crippen LogP) is 1.97. The molecule has 6 heteroatoms. The minimum atomic E-state index is 0.400. The van der Waals surface area contributed by atoms with Crippen molar-refractivity contribution in [2.75, 3.05) is 52.3 Å². The van der Waals surface area contributed by atoms with Crippen LogP contribution in [0.15, 0.2) is 4.99 Å². The van der Waals surface area contributed by atoms with Crippen LogP contribution in [0.4, 0.5) is 0 Å². The highest BCUT2D eigenvalue weighted by molar-refractivity contribution is 8.00. The largest absolute Gasteiger partial charge is 0.381 e.